The van der Waals surface area contributed by atoms with Gasteiger partial charge in [-0.15, -0.1) is 0 Å². The van der Waals surface area contributed by atoms with E-state index in [1.807, 2.05) is 26.2 Å². The number of benzene rings is 1. The Labute approximate surface area is 178 Å². The Hall–Kier alpha value is -3.16. The summed E-state index contributed by atoms with van der Waals surface area (Å²) in [5.41, 5.74) is 5.28. The molecular weight excluding hydrogens is 376 g/mol. The molecule has 4 rings (SSSR count). The van der Waals surface area contributed by atoms with Crippen molar-refractivity contribution < 1.29 is 0 Å². The van der Waals surface area contributed by atoms with Gasteiger partial charge in [0.25, 0.3) is 0 Å². The minimum absolute atomic E-state index is 0.494. The molecule has 0 radical (unpaired) electrons. The van der Waals surface area contributed by atoms with E-state index in [9.17, 15) is 0 Å². The van der Waals surface area contributed by atoms with Gasteiger partial charge < -0.3 is 14.7 Å². The predicted octanol–water partition coefficient (Wildman–Crippen LogP) is 3.25. The number of anilines is 4. The third-order valence-corrected chi connectivity index (χ3v) is 5.41. The number of allylic oxidation sites excluding steroid dienone is 1. The molecule has 1 aromatic heterocycles. The minimum atomic E-state index is 0.494. The number of hydrogen-bond donors (Lipinski definition) is 1. The second-order valence-electron chi connectivity index (χ2n) is 7.88. The highest BCUT2D eigenvalue weighted by molar-refractivity contribution is 5.78. The molecule has 0 spiro atoms. The third-order valence-electron chi connectivity index (χ3n) is 5.41. The van der Waals surface area contributed by atoms with Crippen molar-refractivity contribution in [3.05, 3.63) is 35.9 Å². The van der Waals surface area contributed by atoms with E-state index in [2.05, 4.69) is 59.5 Å². The molecule has 2 aliphatic heterocycles. The zero-order chi connectivity index (χ0) is 20.8. The van der Waals surface area contributed by atoms with Gasteiger partial charge in [0.15, 0.2) is 0 Å². The molecule has 1 N–H and O–H groups in total. The van der Waals surface area contributed by atoms with Crippen LogP contribution in [0.15, 0.2) is 35.4 Å². The van der Waals surface area contributed by atoms with E-state index in [1.54, 1.807) is 6.21 Å². The monoisotopic (exact) mass is 406 g/mol. The summed E-state index contributed by atoms with van der Waals surface area (Å²) >= 11 is 0. The van der Waals surface area contributed by atoms with Crippen LogP contribution in [0.5, 0.6) is 0 Å². The van der Waals surface area contributed by atoms with Crippen molar-refractivity contribution in [3.63, 3.8) is 0 Å². The van der Waals surface area contributed by atoms with Crippen LogP contribution in [0.2, 0.25) is 0 Å². The Bertz CT molecular complexity index is 844. The second kappa shape index (κ2) is 9.56. The first-order chi connectivity index (χ1) is 14.7. The van der Waals surface area contributed by atoms with E-state index >= 15 is 0 Å². The number of hydrazone groups is 1. The Morgan fingerprint density at radius 3 is 1.97 bits per heavy atom. The van der Waals surface area contributed by atoms with Gasteiger partial charge in [-0.3, -0.25) is 0 Å². The Morgan fingerprint density at radius 1 is 0.867 bits per heavy atom. The fourth-order valence-corrected chi connectivity index (χ4v) is 3.70. The van der Waals surface area contributed by atoms with E-state index in [4.69, 9.17) is 4.98 Å². The molecule has 1 aromatic carbocycles. The lowest BCUT2D eigenvalue weighted by Gasteiger charge is -2.20. The summed E-state index contributed by atoms with van der Waals surface area (Å²) < 4.78 is 0. The highest BCUT2D eigenvalue weighted by atomic mass is 15.4. The van der Waals surface area contributed by atoms with Gasteiger partial charge in [0.05, 0.1) is 0 Å². The number of aromatic nitrogens is 3. The van der Waals surface area contributed by atoms with Crippen molar-refractivity contribution in [2.45, 2.75) is 25.7 Å². The van der Waals surface area contributed by atoms with Crippen molar-refractivity contribution in [3.8, 4) is 0 Å². The average Bonchev–Trinajstić information content (AvgIpc) is 3.48. The molecule has 0 amide bonds. The van der Waals surface area contributed by atoms with Crippen LogP contribution < -0.4 is 20.1 Å². The van der Waals surface area contributed by atoms with Crippen molar-refractivity contribution >= 4 is 35.8 Å². The van der Waals surface area contributed by atoms with Crippen LogP contribution >= 0.6 is 0 Å². The first-order valence-corrected chi connectivity index (χ1v) is 10.7. The van der Waals surface area contributed by atoms with Crippen molar-refractivity contribution in [1.29, 1.82) is 0 Å². The first kappa shape index (κ1) is 20.1. The average molecular weight is 407 g/mol. The van der Waals surface area contributed by atoms with Gasteiger partial charge in [0.2, 0.25) is 17.8 Å². The number of nitrogens with one attached hydrogen (secondary N) is 1. The summed E-state index contributed by atoms with van der Waals surface area (Å²) in [7, 11) is 4.07. The molecule has 158 valence electrons. The molecule has 0 bridgehead atoms. The fraction of sp³-hybridized carbons (Fsp3) is 0.455. The largest absolute Gasteiger partial charge is 0.378 e. The number of rotatable bonds is 7. The summed E-state index contributed by atoms with van der Waals surface area (Å²) in [5.74, 6) is 1.99. The molecule has 30 heavy (non-hydrogen) atoms. The van der Waals surface area contributed by atoms with Gasteiger partial charge in [-0.25, -0.2) is 5.43 Å². The lowest BCUT2D eigenvalue weighted by atomic mass is 10.2. The molecule has 0 aliphatic carbocycles. The van der Waals surface area contributed by atoms with E-state index in [-0.39, 0.29) is 0 Å². The molecule has 8 nitrogen and oxygen atoms in total. The maximum atomic E-state index is 4.72. The van der Waals surface area contributed by atoms with Crippen molar-refractivity contribution in [1.82, 2.24) is 15.0 Å². The molecule has 0 saturated carbocycles. The predicted molar refractivity (Wildman–Crippen MR) is 125 cm³/mol. The van der Waals surface area contributed by atoms with Crippen LogP contribution in [-0.2, 0) is 0 Å². The van der Waals surface area contributed by atoms with Crippen LogP contribution in [0.3, 0.4) is 0 Å². The van der Waals surface area contributed by atoms with Crippen LogP contribution in [0.1, 0.15) is 31.2 Å². The van der Waals surface area contributed by atoms with E-state index in [0.29, 0.717) is 5.95 Å². The number of nitrogens with zero attached hydrogens (tertiary/aromatic N) is 7. The quantitative estimate of drug-likeness (QED) is 0.559. The highest BCUT2D eigenvalue weighted by Gasteiger charge is 2.21. The highest BCUT2D eigenvalue weighted by Crippen LogP contribution is 2.22. The van der Waals surface area contributed by atoms with E-state index < -0.39 is 0 Å². The zero-order valence-corrected chi connectivity index (χ0v) is 17.8. The van der Waals surface area contributed by atoms with Crippen LogP contribution in [0.25, 0.3) is 6.08 Å². The van der Waals surface area contributed by atoms with Gasteiger partial charge in [-0.1, -0.05) is 18.2 Å². The fourth-order valence-electron chi connectivity index (χ4n) is 3.70. The molecule has 2 aliphatic rings. The maximum Gasteiger partial charge on any atom is 0.250 e. The maximum absolute atomic E-state index is 4.72. The lowest BCUT2D eigenvalue weighted by molar-refractivity contribution is 0.838. The van der Waals surface area contributed by atoms with Gasteiger partial charge in [-0.2, -0.15) is 20.1 Å². The Kier molecular flexibility index (Phi) is 6.41. The molecule has 2 saturated heterocycles. The summed E-state index contributed by atoms with van der Waals surface area (Å²) in [6, 6.07) is 8.37. The Balaban J connectivity index is 1.42. The standard InChI is InChI=1S/C22H30N8/c1-28(2)19-11-9-18(10-12-19)8-7-13-23-27-20-24-21(29-14-3-4-15-29)26-22(25-20)30-16-5-6-17-30/h7-13H,3-6,14-17H2,1-2H3,(H,24,25,26,27)/b8-7+,23-13+. The smallest absolute Gasteiger partial charge is 0.250 e. The van der Waals surface area contributed by atoms with Gasteiger partial charge >= 0.3 is 0 Å². The van der Waals surface area contributed by atoms with Crippen LogP contribution in [0.4, 0.5) is 23.5 Å². The zero-order valence-electron chi connectivity index (χ0n) is 17.8. The van der Waals surface area contributed by atoms with E-state index in [1.165, 1.54) is 31.4 Å². The van der Waals surface area contributed by atoms with E-state index in [0.717, 1.165) is 43.6 Å². The van der Waals surface area contributed by atoms with Crippen molar-refractivity contribution in [2.75, 3.05) is 60.4 Å². The summed E-state index contributed by atoms with van der Waals surface area (Å²) in [5, 5.41) is 4.28. The number of hydrogen-bond acceptors (Lipinski definition) is 8. The molecule has 0 unspecified atom stereocenters. The van der Waals surface area contributed by atoms with Gasteiger partial charge in [0, 0.05) is 52.2 Å². The molecule has 3 heterocycles. The summed E-state index contributed by atoms with van der Waals surface area (Å²) in [4.78, 5) is 20.4. The minimum Gasteiger partial charge on any atom is -0.378 e. The van der Waals surface area contributed by atoms with Crippen LogP contribution in [-0.4, -0.2) is 61.4 Å². The summed E-state index contributed by atoms with van der Waals surface area (Å²) in [6.45, 7) is 4.01. The van der Waals surface area contributed by atoms with Crippen LogP contribution in [0, 0.1) is 0 Å². The third kappa shape index (κ3) is 5.06. The van der Waals surface area contributed by atoms with Crippen molar-refractivity contribution in [2.24, 2.45) is 5.10 Å². The summed E-state index contributed by atoms with van der Waals surface area (Å²) in [6.07, 6.45) is 10.4. The molecule has 8 heteroatoms. The first-order valence-electron chi connectivity index (χ1n) is 10.7. The Morgan fingerprint density at radius 2 is 1.43 bits per heavy atom. The topological polar surface area (TPSA) is 72.8 Å². The normalized spacial score (nSPS) is 16.9. The SMILES string of the molecule is CN(C)c1ccc(/C=C/C=N/Nc2nc(N3CCCC3)nc(N3CCCC3)n2)cc1. The molecule has 0 atom stereocenters. The molecule has 2 fully saturated rings. The molecule has 2 aromatic rings. The van der Waals surface area contributed by atoms with Gasteiger partial charge in [-0.05, 0) is 49.5 Å². The molecular formula is C22H30N8. The second-order valence-corrected chi connectivity index (χ2v) is 7.88. The lowest BCUT2D eigenvalue weighted by Crippen LogP contribution is -2.25. The van der Waals surface area contributed by atoms with Gasteiger partial charge in [0.1, 0.15) is 0 Å².